The SMILES string of the molecule is CC(C)OS(=O)(=O)c1ccc2c(c1)CCC2. The molecule has 0 bridgehead atoms. The highest BCUT2D eigenvalue weighted by Crippen LogP contribution is 2.25. The molecule has 0 fully saturated rings. The monoisotopic (exact) mass is 240 g/mol. The van der Waals surface area contributed by atoms with Gasteiger partial charge in [-0.25, -0.2) is 0 Å². The highest BCUT2D eigenvalue weighted by molar-refractivity contribution is 7.86. The van der Waals surface area contributed by atoms with Crippen molar-refractivity contribution < 1.29 is 12.6 Å². The lowest BCUT2D eigenvalue weighted by atomic mass is 10.1. The Bertz CT molecular complexity index is 489. The molecule has 0 heterocycles. The molecule has 2 rings (SSSR count). The van der Waals surface area contributed by atoms with Crippen molar-refractivity contribution in [2.75, 3.05) is 0 Å². The van der Waals surface area contributed by atoms with Crippen LogP contribution >= 0.6 is 0 Å². The molecule has 0 atom stereocenters. The predicted molar refractivity (Wildman–Crippen MR) is 61.9 cm³/mol. The van der Waals surface area contributed by atoms with Crippen LogP contribution in [0.25, 0.3) is 0 Å². The lowest BCUT2D eigenvalue weighted by Crippen LogP contribution is -2.12. The van der Waals surface area contributed by atoms with Crippen molar-refractivity contribution in [3.8, 4) is 0 Å². The highest BCUT2D eigenvalue weighted by atomic mass is 32.2. The van der Waals surface area contributed by atoms with Crippen molar-refractivity contribution in [1.29, 1.82) is 0 Å². The molecule has 0 saturated heterocycles. The molecule has 1 aromatic carbocycles. The number of rotatable bonds is 3. The molecule has 1 aromatic rings. The van der Waals surface area contributed by atoms with Crippen LogP contribution < -0.4 is 0 Å². The van der Waals surface area contributed by atoms with Crippen molar-refractivity contribution in [2.45, 2.75) is 44.1 Å². The van der Waals surface area contributed by atoms with Gasteiger partial charge in [-0.05, 0) is 56.4 Å². The number of aryl methyl sites for hydroxylation is 2. The summed E-state index contributed by atoms with van der Waals surface area (Å²) < 4.78 is 28.6. The van der Waals surface area contributed by atoms with Crippen molar-refractivity contribution >= 4 is 10.1 Å². The van der Waals surface area contributed by atoms with Crippen LogP contribution in [0.3, 0.4) is 0 Å². The van der Waals surface area contributed by atoms with E-state index in [0.29, 0.717) is 0 Å². The van der Waals surface area contributed by atoms with Crippen molar-refractivity contribution in [3.05, 3.63) is 29.3 Å². The lowest BCUT2D eigenvalue weighted by molar-refractivity contribution is 0.249. The molecule has 1 aliphatic carbocycles. The van der Waals surface area contributed by atoms with E-state index in [2.05, 4.69) is 0 Å². The molecule has 1 aliphatic rings. The number of hydrogen-bond acceptors (Lipinski definition) is 3. The van der Waals surface area contributed by atoms with Gasteiger partial charge in [-0.3, -0.25) is 4.18 Å². The first-order valence-corrected chi connectivity index (χ1v) is 6.95. The Balaban J connectivity index is 2.34. The van der Waals surface area contributed by atoms with E-state index < -0.39 is 10.1 Å². The van der Waals surface area contributed by atoms with Gasteiger partial charge in [0.25, 0.3) is 10.1 Å². The van der Waals surface area contributed by atoms with Gasteiger partial charge >= 0.3 is 0 Å². The van der Waals surface area contributed by atoms with Crippen LogP contribution in [0.5, 0.6) is 0 Å². The van der Waals surface area contributed by atoms with E-state index in [4.69, 9.17) is 4.18 Å². The van der Waals surface area contributed by atoms with Gasteiger partial charge in [-0.2, -0.15) is 8.42 Å². The minimum Gasteiger partial charge on any atom is -0.264 e. The summed E-state index contributed by atoms with van der Waals surface area (Å²) in [5.41, 5.74) is 2.41. The Hall–Kier alpha value is -0.870. The van der Waals surface area contributed by atoms with Gasteiger partial charge in [0, 0.05) is 0 Å². The zero-order chi connectivity index (χ0) is 11.8. The maximum absolute atomic E-state index is 11.8. The molecule has 0 amide bonds. The third-order valence-corrected chi connectivity index (χ3v) is 4.15. The zero-order valence-corrected chi connectivity index (χ0v) is 10.4. The van der Waals surface area contributed by atoms with Gasteiger partial charge < -0.3 is 0 Å². The normalized spacial score (nSPS) is 15.4. The number of hydrogen-bond donors (Lipinski definition) is 0. The smallest absolute Gasteiger partial charge is 0.264 e. The molecule has 0 radical (unpaired) electrons. The van der Waals surface area contributed by atoms with E-state index in [1.165, 1.54) is 5.56 Å². The Morgan fingerprint density at radius 1 is 1.19 bits per heavy atom. The van der Waals surface area contributed by atoms with E-state index in [-0.39, 0.29) is 11.0 Å². The number of benzene rings is 1. The van der Waals surface area contributed by atoms with Gasteiger partial charge in [0.15, 0.2) is 0 Å². The van der Waals surface area contributed by atoms with Gasteiger partial charge in [0.05, 0.1) is 11.0 Å². The molecule has 3 nitrogen and oxygen atoms in total. The summed E-state index contributed by atoms with van der Waals surface area (Å²) in [4.78, 5) is 0.279. The molecular weight excluding hydrogens is 224 g/mol. The summed E-state index contributed by atoms with van der Waals surface area (Å²) in [6.07, 6.45) is 2.82. The predicted octanol–water partition coefficient (Wildman–Crippen LogP) is 2.29. The Morgan fingerprint density at radius 3 is 2.56 bits per heavy atom. The van der Waals surface area contributed by atoms with Crippen LogP contribution in [0.2, 0.25) is 0 Å². The van der Waals surface area contributed by atoms with E-state index >= 15 is 0 Å². The van der Waals surface area contributed by atoms with Crippen LogP contribution in [-0.4, -0.2) is 14.5 Å². The molecule has 0 aliphatic heterocycles. The van der Waals surface area contributed by atoms with Crippen LogP contribution in [0.4, 0.5) is 0 Å². The molecule has 0 saturated carbocycles. The van der Waals surface area contributed by atoms with E-state index in [1.54, 1.807) is 26.0 Å². The van der Waals surface area contributed by atoms with Gasteiger partial charge in [-0.1, -0.05) is 6.07 Å². The zero-order valence-electron chi connectivity index (χ0n) is 9.56. The minimum absolute atomic E-state index is 0.279. The molecule has 0 unspecified atom stereocenters. The third kappa shape index (κ3) is 2.28. The fourth-order valence-corrected chi connectivity index (χ4v) is 3.15. The molecule has 0 spiro atoms. The van der Waals surface area contributed by atoms with Crippen molar-refractivity contribution in [1.82, 2.24) is 0 Å². The average molecular weight is 240 g/mol. The molecule has 16 heavy (non-hydrogen) atoms. The first-order chi connectivity index (χ1) is 7.49. The second-order valence-corrected chi connectivity index (χ2v) is 5.96. The second-order valence-electron chi connectivity index (χ2n) is 4.38. The molecule has 88 valence electrons. The fourth-order valence-electron chi connectivity index (χ4n) is 2.01. The van der Waals surface area contributed by atoms with E-state index in [0.717, 1.165) is 24.8 Å². The van der Waals surface area contributed by atoms with E-state index in [9.17, 15) is 8.42 Å². The van der Waals surface area contributed by atoms with Crippen LogP contribution in [-0.2, 0) is 27.1 Å². The lowest BCUT2D eigenvalue weighted by Gasteiger charge is -2.09. The first-order valence-electron chi connectivity index (χ1n) is 5.54. The van der Waals surface area contributed by atoms with Gasteiger partial charge in [-0.15, -0.1) is 0 Å². The quantitative estimate of drug-likeness (QED) is 0.761. The third-order valence-electron chi connectivity index (χ3n) is 2.68. The first kappa shape index (κ1) is 11.6. The second kappa shape index (κ2) is 4.18. The largest absolute Gasteiger partial charge is 0.297 e. The maximum atomic E-state index is 11.8. The Labute approximate surface area is 96.6 Å². The summed E-state index contributed by atoms with van der Waals surface area (Å²) in [6.45, 7) is 3.43. The maximum Gasteiger partial charge on any atom is 0.297 e. The van der Waals surface area contributed by atoms with Crippen LogP contribution in [0.1, 0.15) is 31.4 Å². The Kier molecular flexibility index (Phi) is 3.04. The fraction of sp³-hybridized carbons (Fsp3) is 0.500. The van der Waals surface area contributed by atoms with Crippen molar-refractivity contribution in [3.63, 3.8) is 0 Å². The Morgan fingerprint density at radius 2 is 1.88 bits per heavy atom. The summed E-state index contributed by atoms with van der Waals surface area (Å²) in [5, 5.41) is 0. The average Bonchev–Trinajstić information content (AvgIpc) is 2.61. The van der Waals surface area contributed by atoms with Crippen LogP contribution in [0, 0.1) is 0 Å². The summed E-state index contributed by atoms with van der Waals surface area (Å²) in [5.74, 6) is 0. The molecule has 0 N–H and O–H groups in total. The summed E-state index contributed by atoms with van der Waals surface area (Å²) >= 11 is 0. The minimum atomic E-state index is -3.58. The summed E-state index contributed by atoms with van der Waals surface area (Å²) in [7, 11) is -3.58. The van der Waals surface area contributed by atoms with Gasteiger partial charge in [0.1, 0.15) is 0 Å². The molecular formula is C12H16O3S. The number of fused-ring (bicyclic) bond motifs is 1. The summed E-state index contributed by atoms with van der Waals surface area (Å²) in [6, 6.07) is 5.29. The van der Waals surface area contributed by atoms with Crippen LogP contribution in [0.15, 0.2) is 23.1 Å². The van der Waals surface area contributed by atoms with E-state index in [1.807, 2.05) is 6.07 Å². The standard InChI is InChI=1S/C12H16O3S/c1-9(2)15-16(13,14)12-7-6-10-4-3-5-11(10)8-12/h6-9H,3-5H2,1-2H3. The topological polar surface area (TPSA) is 43.4 Å². The van der Waals surface area contributed by atoms with Crippen molar-refractivity contribution in [2.24, 2.45) is 0 Å². The molecule has 4 heteroatoms. The van der Waals surface area contributed by atoms with Gasteiger partial charge in [0.2, 0.25) is 0 Å². The highest BCUT2D eigenvalue weighted by Gasteiger charge is 2.20. The molecule has 0 aromatic heterocycles.